The fraction of sp³-hybridized carbons (Fsp3) is 0.235. The Morgan fingerprint density at radius 1 is 1.22 bits per heavy atom. The number of methoxy groups -OCH3 is 1. The van der Waals surface area contributed by atoms with Gasteiger partial charge in [0.25, 0.3) is 0 Å². The average molecular weight is 330 g/mol. The zero-order valence-electron chi connectivity index (χ0n) is 13.1. The van der Waals surface area contributed by atoms with E-state index in [0.717, 1.165) is 22.5 Å². The van der Waals surface area contributed by atoms with E-state index in [4.69, 9.17) is 16.3 Å². The summed E-state index contributed by atoms with van der Waals surface area (Å²) < 4.78 is 6.72. The van der Waals surface area contributed by atoms with Crippen molar-refractivity contribution in [3.63, 3.8) is 0 Å². The number of esters is 1. The molecule has 0 N–H and O–H groups in total. The number of carbonyl (C=O) groups excluding carboxylic acids is 1. The van der Waals surface area contributed by atoms with Gasteiger partial charge in [0.15, 0.2) is 11.3 Å². The lowest BCUT2D eigenvalue weighted by molar-refractivity contribution is 0.0594. The van der Waals surface area contributed by atoms with Crippen LogP contribution < -0.4 is 0 Å². The van der Waals surface area contributed by atoms with Crippen LogP contribution in [0.25, 0.3) is 11.2 Å². The number of carbonyl (C=O) groups is 1. The highest BCUT2D eigenvalue weighted by atomic mass is 35.5. The Balaban J connectivity index is 2.08. The molecule has 0 radical (unpaired) electrons. The van der Waals surface area contributed by atoms with E-state index in [1.807, 2.05) is 36.6 Å². The number of ether oxygens (including phenoxy) is 1. The first-order valence-electron chi connectivity index (χ1n) is 7.17. The van der Waals surface area contributed by atoms with Gasteiger partial charge in [0.05, 0.1) is 13.7 Å². The summed E-state index contributed by atoms with van der Waals surface area (Å²) in [6.45, 7) is 4.55. The van der Waals surface area contributed by atoms with Crippen molar-refractivity contribution in [1.82, 2.24) is 14.5 Å². The maximum Gasteiger partial charge on any atom is 0.356 e. The van der Waals surface area contributed by atoms with E-state index in [9.17, 15) is 4.79 Å². The number of benzene rings is 1. The highest BCUT2D eigenvalue weighted by Gasteiger charge is 2.14. The van der Waals surface area contributed by atoms with Gasteiger partial charge >= 0.3 is 5.97 Å². The molecule has 118 valence electrons. The van der Waals surface area contributed by atoms with Gasteiger partial charge in [-0.25, -0.2) is 14.8 Å². The van der Waals surface area contributed by atoms with Gasteiger partial charge in [-0.1, -0.05) is 17.7 Å². The van der Waals surface area contributed by atoms with Crippen LogP contribution in [0.1, 0.15) is 27.4 Å². The van der Waals surface area contributed by atoms with Crippen molar-refractivity contribution in [2.45, 2.75) is 20.4 Å². The molecule has 1 aromatic carbocycles. The van der Waals surface area contributed by atoms with Gasteiger partial charge < -0.3 is 9.30 Å². The standard InChI is InChI=1S/C17H16ClN3O2/c1-10-8-13(18)5-4-12(10)9-21-11(2)19-14-6-7-15(17(22)23-3)20-16(14)21/h4-8H,9H2,1-3H3. The molecule has 0 aliphatic carbocycles. The van der Waals surface area contributed by atoms with Gasteiger partial charge in [-0.3, -0.25) is 0 Å². The van der Waals surface area contributed by atoms with Gasteiger partial charge in [0.2, 0.25) is 0 Å². The molecule has 0 spiro atoms. The molecule has 0 aliphatic rings. The van der Waals surface area contributed by atoms with Crippen LogP contribution >= 0.6 is 11.6 Å². The molecule has 23 heavy (non-hydrogen) atoms. The SMILES string of the molecule is COC(=O)c1ccc2nc(C)n(Cc3ccc(Cl)cc3C)c2n1. The van der Waals surface area contributed by atoms with Crippen LogP contribution in [0.5, 0.6) is 0 Å². The third-order valence-corrected chi connectivity index (χ3v) is 4.05. The summed E-state index contributed by atoms with van der Waals surface area (Å²) in [6, 6.07) is 9.20. The van der Waals surface area contributed by atoms with Crippen LogP contribution in [0.2, 0.25) is 5.02 Å². The summed E-state index contributed by atoms with van der Waals surface area (Å²) in [5, 5.41) is 0.713. The quantitative estimate of drug-likeness (QED) is 0.690. The molecule has 0 unspecified atom stereocenters. The predicted octanol–water partition coefficient (Wildman–Crippen LogP) is 3.54. The van der Waals surface area contributed by atoms with Crippen LogP contribution in [0.4, 0.5) is 0 Å². The molecule has 2 aromatic heterocycles. The minimum absolute atomic E-state index is 0.272. The topological polar surface area (TPSA) is 57.0 Å². The van der Waals surface area contributed by atoms with Crippen molar-refractivity contribution < 1.29 is 9.53 Å². The van der Waals surface area contributed by atoms with Crippen LogP contribution in [-0.2, 0) is 11.3 Å². The molecule has 0 saturated heterocycles. The Labute approximate surface area is 138 Å². The molecule has 6 heteroatoms. The van der Waals surface area contributed by atoms with Gasteiger partial charge in [-0.2, -0.15) is 0 Å². The van der Waals surface area contributed by atoms with Gasteiger partial charge in [-0.15, -0.1) is 0 Å². The van der Waals surface area contributed by atoms with Crippen molar-refractivity contribution in [3.8, 4) is 0 Å². The van der Waals surface area contributed by atoms with E-state index in [0.29, 0.717) is 17.2 Å². The Hall–Kier alpha value is -2.40. The largest absolute Gasteiger partial charge is 0.464 e. The summed E-state index contributed by atoms with van der Waals surface area (Å²) in [5.74, 6) is 0.379. The second kappa shape index (κ2) is 6.01. The van der Waals surface area contributed by atoms with Crippen molar-refractivity contribution in [2.75, 3.05) is 7.11 Å². The van der Waals surface area contributed by atoms with Crippen molar-refractivity contribution in [2.24, 2.45) is 0 Å². The molecule has 0 atom stereocenters. The summed E-state index contributed by atoms with van der Waals surface area (Å²) in [6.07, 6.45) is 0. The van der Waals surface area contributed by atoms with E-state index < -0.39 is 5.97 Å². The number of pyridine rings is 1. The number of rotatable bonds is 3. The Kier molecular flexibility index (Phi) is 4.05. The summed E-state index contributed by atoms with van der Waals surface area (Å²) in [7, 11) is 1.34. The fourth-order valence-corrected chi connectivity index (χ4v) is 2.76. The first kappa shape index (κ1) is 15.5. The second-order valence-corrected chi connectivity index (χ2v) is 5.78. The molecular weight excluding hydrogens is 314 g/mol. The molecule has 0 amide bonds. The minimum atomic E-state index is -0.458. The van der Waals surface area contributed by atoms with Gasteiger partial charge in [0, 0.05) is 5.02 Å². The number of halogens is 1. The number of hydrogen-bond donors (Lipinski definition) is 0. The Morgan fingerprint density at radius 3 is 2.70 bits per heavy atom. The van der Waals surface area contributed by atoms with E-state index in [2.05, 4.69) is 9.97 Å². The number of imidazole rings is 1. The second-order valence-electron chi connectivity index (χ2n) is 5.35. The molecule has 0 fully saturated rings. The smallest absolute Gasteiger partial charge is 0.356 e. The zero-order chi connectivity index (χ0) is 16.6. The van der Waals surface area contributed by atoms with Crippen molar-refractivity contribution in [3.05, 3.63) is 58.0 Å². The highest BCUT2D eigenvalue weighted by Crippen LogP contribution is 2.20. The average Bonchev–Trinajstić information content (AvgIpc) is 2.84. The normalized spacial score (nSPS) is 11.0. The Bertz CT molecular complexity index is 902. The summed E-state index contributed by atoms with van der Waals surface area (Å²) in [5.41, 5.74) is 3.92. The lowest BCUT2D eigenvalue weighted by Crippen LogP contribution is -2.08. The van der Waals surface area contributed by atoms with Gasteiger partial charge in [-0.05, 0) is 49.2 Å². The summed E-state index contributed by atoms with van der Waals surface area (Å²) in [4.78, 5) is 20.6. The maximum absolute atomic E-state index is 11.7. The molecular formula is C17H16ClN3O2. The highest BCUT2D eigenvalue weighted by molar-refractivity contribution is 6.30. The molecule has 0 saturated carbocycles. The number of hydrogen-bond acceptors (Lipinski definition) is 4. The first-order chi connectivity index (χ1) is 11.0. The zero-order valence-corrected chi connectivity index (χ0v) is 13.9. The maximum atomic E-state index is 11.7. The monoisotopic (exact) mass is 329 g/mol. The third-order valence-electron chi connectivity index (χ3n) is 3.81. The minimum Gasteiger partial charge on any atom is -0.464 e. The molecule has 3 aromatic rings. The van der Waals surface area contributed by atoms with E-state index in [1.54, 1.807) is 12.1 Å². The third kappa shape index (κ3) is 2.92. The van der Waals surface area contributed by atoms with Crippen LogP contribution in [0.3, 0.4) is 0 Å². The summed E-state index contributed by atoms with van der Waals surface area (Å²) >= 11 is 6.01. The number of aromatic nitrogens is 3. The van der Waals surface area contributed by atoms with E-state index >= 15 is 0 Å². The van der Waals surface area contributed by atoms with Crippen molar-refractivity contribution >= 4 is 28.7 Å². The van der Waals surface area contributed by atoms with Gasteiger partial charge in [0.1, 0.15) is 11.3 Å². The van der Waals surface area contributed by atoms with Crippen LogP contribution in [0.15, 0.2) is 30.3 Å². The van der Waals surface area contributed by atoms with Crippen molar-refractivity contribution in [1.29, 1.82) is 0 Å². The predicted molar refractivity (Wildman–Crippen MR) is 88.9 cm³/mol. The number of aryl methyl sites for hydroxylation is 2. The number of nitrogens with zero attached hydrogens (tertiary/aromatic N) is 3. The van der Waals surface area contributed by atoms with Crippen LogP contribution in [0, 0.1) is 13.8 Å². The van der Waals surface area contributed by atoms with Crippen LogP contribution in [-0.4, -0.2) is 27.6 Å². The van der Waals surface area contributed by atoms with E-state index in [1.165, 1.54) is 7.11 Å². The Morgan fingerprint density at radius 2 is 2.00 bits per heavy atom. The van der Waals surface area contributed by atoms with E-state index in [-0.39, 0.29) is 5.69 Å². The molecule has 0 bridgehead atoms. The number of fused-ring (bicyclic) bond motifs is 1. The lowest BCUT2D eigenvalue weighted by Gasteiger charge is -2.10. The lowest BCUT2D eigenvalue weighted by atomic mass is 10.1. The molecule has 2 heterocycles. The molecule has 0 aliphatic heterocycles. The molecule has 5 nitrogen and oxygen atoms in total. The first-order valence-corrected chi connectivity index (χ1v) is 7.54. The fourth-order valence-electron chi connectivity index (χ4n) is 2.53. The molecule has 3 rings (SSSR count).